The first-order valence-corrected chi connectivity index (χ1v) is 22.8. The molecule has 306 valence electrons. The van der Waals surface area contributed by atoms with Gasteiger partial charge in [0.15, 0.2) is 0 Å². The molecule has 13 aromatic rings. The molecule has 10 aromatic carbocycles. The van der Waals surface area contributed by atoms with Gasteiger partial charge in [-0.2, -0.15) is 0 Å². The maximum atomic E-state index is 6.52. The number of aromatic nitrogens is 1. The molecule has 0 aliphatic rings. The van der Waals surface area contributed by atoms with Gasteiger partial charge in [-0.1, -0.05) is 127 Å². The number of hydrogen-bond acceptors (Lipinski definition) is 4. The van der Waals surface area contributed by atoms with E-state index in [0.29, 0.717) is 0 Å². The molecule has 0 atom stereocenters. The van der Waals surface area contributed by atoms with Crippen molar-refractivity contribution in [3.05, 3.63) is 237 Å². The number of rotatable bonds is 8. The standard InChI is InChI=1S/C60H39N3OS/c1-4-16-41(17-5-1)62(42-18-6-2-7-19-42)53-25-13-10-22-47(53)40-28-30-44(31-29-40)61(46-32-34-49-48-23-11-14-26-55(48)64-56(49)39-46)45-33-36-54-52(38-45)50-35-37-58-59(51-24-12-15-27-57(51)65-58)60(50)63(54)43-20-8-3-9-21-43/h1-39H. The maximum Gasteiger partial charge on any atom is 0.137 e. The van der Waals surface area contributed by atoms with E-state index >= 15 is 0 Å². The van der Waals surface area contributed by atoms with Crippen LogP contribution in [0, 0.1) is 0 Å². The average molecular weight is 850 g/mol. The average Bonchev–Trinajstić information content (AvgIpc) is 4.05. The first-order chi connectivity index (χ1) is 32.2. The molecule has 0 aliphatic carbocycles. The zero-order valence-corrected chi connectivity index (χ0v) is 36.0. The number of hydrogen-bond donors (Lipinski definition) is 0. The van der Waals surface area contributed by atoms with Crippen LogP contribution in [0.3, 0.4) is 0 Å². The van der Waals surface area contributed by atoms with Gasteiger partial charge < -0.3 is 18.8 Å². The zero-order valence-electron chi connectivity index (χ0n) is 35.2. The molecule has 0 aliphatic heterocycles. The van der Waals surface area contributed by atoms with Crippen molar-refractivity contribution < 1.29 is 4.42 Å². The summed E-state index contributed by atoms with van der Waals surface area (Å²) in [6, 6.07) is 85.0. The molecule has 4 nitrogen and oxygen atoms in total. The molecular weight excluding hydrogens is 811 g/mol. The molecule has 0 spiro atoms. The Morgan fingerprint density at radius 3 is 1.74 bits per heavy atom. The van der Waals surface area contributed by atoms with Crippen molar-refractivity contribution in [2.24, 2.45) is 0 Å². The van der Waals surface area contributed by atoms with E-state index < -0.39 is 0 Å². The van der Waals surface area contributed by atoms with E-state index in [4.69, 9.17) is 4.42 Å². The summed E-state index contributed by atoms with van der Waals surface area (Å²) >= 11 is 1.86. The van der Waals surface area contributed by atoms with E-state index in [9.17, 15) is 0 Å². The second-order valence-electron chi connectivity index (χ2n) is 16.5. The molecule has 13 rings (SSSR count). The van der Waals surface area contributed by atoms with Gasteiger partial charge in [-0.3, -0.25) is 0 Å². The molecule has 3 aromatic heterocycles. The fourth-order valence-electron chi connectivity index (χ4n) is 9.87. The smallest absolute Gasteiger partial charge is 0.137 e. The minimum absolute atomic E-state index is 0.856. The number of benzene rings is 10. The largest absolute Gasteiger partial charge is 0.456 e. The minimum Gasteiger partial charge on any atom is -0.456 e. The Balaban J connectivity index is 1.01. The summed E-state index contributed by atoms with van der Waals surface area (Å²) in [5.41, 5.74) is 14.0. The zero-order chi connectivity index (χ0) is 42.8. The van der Waals surface area contributed by atoms with Gasteiger partial charge in [-0.15, -0.1) is 11.3 Å². The second kappa shape index (κ2) is 15.2. The third kappa shape index (κ3) is 6.12. The highest BCUT2D eigenvalue weighted by atomic mass is 32.1. The van der Waals surface area contributed by atoms with Crippen molar-refractivity contribution in [2.45, 2.75) is 0 Å². The van der Waals surface area contributed by atoms with Crippen LogP contribution in [0.15, 0.2) is 241 Å². The van der Waals surface area contributed by atoms with Crippen LogP contribution in [0.4, 0.5) is 34.1 Å². The van der Waals surface area contributed by atoms with Crippen molar-refractivity contribution in [1.82, 2.24) is 4.57 Å². The second-order valence-corrected chi connectivity index (χ2v) is 17.6. The molecule has 65 heavy (non-hydrogen) atoms. The summed E-state index contributed by atoms with van der Waals surface area (Å²) in [5.74, 6) is 0. The highest BCUT2D eigenvalue weighted by Crippen LogP contribution is 2.47. The lowest BCUT2D eigenvalue weighted by atomic mass is 10.0. The van der Waals surface area contributed by atoms with Gasteiger partial charge >= 0.3 is 0 Å². The van der Waals surface area contributed by atoms with Gasteiger partial charge in [0.2, 0.25) is 0 Å². The molecule has 0 radical (unpaired) electrons. The Labute approximate surface area is 379 Å². The molecule has 0 saturated heterocycles. The van der Waals surface area contributed by atoms with Crippen molar-refractivity contribution >= 4 is 109 Å². The summed E-state index contributed by atoms with van der Waals surface area (Å²) < 4.78 is 11.6. The van der Waals surface area contributed by atoms with Crippen molar-refractivity contribution in [3.8, 4) is 16.8 Å². The normalized spacial score (nSPS) is 11.7. The van der Waals surface area contributed by atoms with Gasteiger partial charge in [-0.05, 0) is 109 Å². The molecule has 0 bridgehead atoms. The Kier molecular flexibility index (Phi) is 8.68. The topological polar surface area (TPSA) is 24.6 Å². The third-order valence-electron chi connectivity index (χ3n) is 12.8. The van der Waals surface area contributed by atoms with Crippen LogP contribution < -0.4 is 9.80 Å². The monoisotopic (exact) mass is 849 g/mol. The highest BCUT2D eigenvalue weighted by Gasteiger charge is 2.22. The number of anilines is 6. The summed E-state index contributed by atoms with van der Waals surface area (Å²) in [4.78, 5) is 4.71. The van der Waals surface area contributed by atoms with Crippen molar-refractivity contribution in [2.75, 3.05) is 9.80 Å². The van der Waals surface area contributed by atoms with Crippen LogP contribution in [0.5, 0.6) is 0 Å². The molecule has 0 amide bonds. The Morgan fingerprint density at radius 1 is 0.369 bits per heavy atom. The van der Waals surface area contributed by atoms with Crippen molar-refractivity contribution in [3.63, 3.8) is 0 Å². The first-order valence-electron chi connectivity index (χ1n) is 22.0. The number of furan rings is 1. The van der Waals surface area contributed by atoms with Gasteiger partial charge in [0.25, 0.3) is 0 Å². The van der Waals surface area contributed by atoms with Crippen LogP contribution in [0.25, 0.3) is 80.7 Å². The van der Waals surface area contributed by atoms with Gasteiger partial charge in [0.05, 0.1) is 16.7 Å². The third-order valence-corrected chi connectivity index (χ3v) is 13.9. The SMILES string of the molecule is c1ccc(N(c2ccccc2)c2ccccc2-c2ccc(N(c3ccc4c(c3)oc3ccccc34)c3ccc4c(c3)c3ccc5sc6ccccc6c5c3n4-c3ccccc3)cc2)cc1. The summed E-state index contributed by atoms with van der Waals surface area (Å²) in [6.45, 7) is 0. The Morgan fingerprint density at radius 2 is 0.954 bits per heavy atom. The molecular formula is C60H39N3OS. The van der Waals surface area contributed by atoms with Crippen LogP contribution in [-0.4, -0.2) is 4.57 Å². The predicted molar refractivity (Wildman–Crippen MR) is 276 cm³/mol. The Bertz CT molecular complexity index is 3850. The van der Waals surface area contributed by atoms with Gasteiger partial charge in [0.1, 0.15) is 11.2 Å². The number of nitrogens with zero attached hydrogens (tertiary/aromatic N) is 3. The summed E-state index contributed by atoms with van der Waals surface area (Å²) in [5, 5.41) is 7.22. The van der Waals surface area contributed by atoms with Crippen molar-refractivity contribution in [1.29, 1.82) is 0 Å². The Hall–Kier alpha value is -8.38. The molecule has 0 N–H and O–H groups in total. The van der Waals surface area contributed by atoms with Crippen LogP contribution >= 0.6 is 11.3 Å². The van der Waals surface area contributed by atoms with E-state index in [0.717, 1.165) is 72.9 Å². The lowest BCUT2D eigenvalue weighted by molar-refractivity contribution is 0.669. The van der Waals surface area contributed by atoms with E-state index in [1.807, 2.05) is 23.5 Å². The van der Waals surface area contributed by atoms with Gasteiger partial charge in [0, 0.05) is 87.5 Å². The highest BCUT2D eigenvalue weighted by molar-refractivity contribution is 7.26. The molecule has 0 saturated carbocycles. The lowest BCUT2D eigenvalue weighted by Gasteiger charge is -2.28. The van der Waals surface area contributed by atoms with E-state index in [1.54, 1.807) is 0 Å². The molecule has 5 heteroatoms. The molecule has 0 fully saturated rings. The van der Waals surface area contributed by atoms with Crippen LogP contribution in [-0.2, 0) is 0 Å². The lowest BCUT2D eigenvalue weighted by Crippen LogP contribution is -2.11. The number of thiophene rings is 1. The minimum atomic E-state index is 0.856. The van der Waals surface area contributed by atoms with Gasteiger partial charge in [-0.25, -0.2) is 0 Å². The number of para-hydroxylation sites is 5. The van der Waals surface area contributed by atoms with Crippen LogP contribution in [0.1, 0.15) is 0 Å². The fraction of sp³-hybridized carbons (Fsp3) is 0. The van der Waals surface area contributed by atoms with E-state index in [1.165, 1.54) is 42.0 Å². The van der Waals surface area contributed by atoms with E-state index in [2.05, 4.69) is 239 Å². The van der Waals surface area contributed by atoms with E-state index in [-0.39, 0.29) is 0 Å². The fourth-order valence-corrected chi connectivity index (χ4v) is 11.0. The molecule has 0 unspecified atom stereocenters. The first kappa shape index (κ1) is 37.2. The summed E-state index contributed by atoms with van der Waals surface area (Å²) in [6.07, 6.45) is 0. The maximum absolute atomic E-state index is 6.52. The number of fused-ring (bicyclic) bond motifs is 10. The predicted octanol–water partition coefficient (Wildman–Crippen LogP) is 17.7. The molecule has 3 heterocycles. The van der Waals surface area contributed by atoms with Crippen LogP contribution in [0.2, 0.25) is 0 Å². The quantitative estimate of drug-likeness (QED) is 0.152. The summed E-state index contributed by atoms with van der Waals surface area (Å²) in [7, 11) is 0.